The molecule has 1 amide bonds. The van der Waals surface area contributed by atoms with Crippen LogP contribution in [0, 0.1) is 0 Å². The molecule has 1 heterocycles. The van der Waals surface area contributed by atoms with Gasteiger partial charge in [-0.15, -0.1) is 0 Å². The minimum Gasteiger partial charge on any atom is -0.497 e. The minimum absolute atomic E-state index is 0.218. The topological polar surface area (TPSA) is 51.1 Å². The molecule has 0 spiro atoms. The first-order chi connectivity index (χ1) is 12.0. The average molecular weight is 357 g/mol. The van der Waals surface area contributed by atoms with Gasteiger partial charge in [0.25, 0.3) is 5.91 Å². The Labute approximate surface area is 151 Å². The Morgan fingerprint density at radius 3 is 2.60 bits per heavy atom. The molecule has 6 heteroatoms. The van der Waals surface area contributed by atoms with Crippen LogP contribution >= 0.6 is 11.6 Å². The molecule has 0 N–H and O–H groups in total. The van der Waals surface area contributed by atoms with Crippen LogP contribution in [-0.2, 0) is 4.79 Å². The molecule has 5 nitrogen and oxygen atoms in total. The van der Waals surface area contributed by atoms with Crippen LogP contribution < -0.4 is 14.5 Å². The van der Waals surface area contributed by atoms with Gasteiger partial charge in [0.1, 0.15) is 11.5 Å². The molecule has 0 aliphatic carbocycles. The van der Waals surface area contributed by atoms with Crippen LogP contribution in [0.25, 0.3) is 6.08 Å². The first-order valence-electron chi connectivity index (χ1n) is 7.63. The molecule has 1 aliphatic rings. The number of halogens is 1. The monoisotopic (exact) mass is 356 g/mol. The van der Waals surface area contributed by atoms with E-state index in [2.05, 4.69) is 5.10 Å². The maximum Gasteiger partial charge on any atom is 0.280 e. The summed E-state index contributed by atoms with van der Waals surface area (Å²) in [5, 5.41) is 6.25. The van der Waals surface area contributed by atoms with Crippen molar-refractivity contribution in [3.05, 3.63) is 58.6 Å². The van der Waals surface area contributed by atoms with Gasteiger partial charge in [0.05, 0.1) is 31.2 Å². The Balaban J connectivity index is 2.00. The second-order valence-electron chi connectivity index (χ2n) is 5.45. The molecule has 0 saturated heterocycles. The van der Waals surface area contributed by atoms with Crippen LogP contribution in [0.4, 0.5) is 5.69 Å². The van der Waals surface area contributed by atoms with Crippen molar-refractivity contribution < 1.29 is 14.3 Å². The summed E-state index contributed by atoms with van der Waals surface area (Å²) in [7, 11) is 3.17. The molecule has 25 heavy (non-hydrogen) atoms. The van der Waals surface area contributed by atoms with Gasteiger partial charge >= 0.3 is 0 Å². The third-order valence-corrected chi connectivity index (χ3v) is 4.09. The largest absolute Gasteiger partial charge is 0.497 e. The summed E-state index contributed by atoms with van der Waals surface area (Å²) in [6, 6.07) is 12.4. The summed E-state index contributed by atoms with van der Waals surface area (Å²) in [6.45, 7) is 1.79. The molecule has 0 aromatic heterocycles. The van der Waals surface area contributed by atoms with Crippen LogP contribution in [0.15, 0.2) is 53.1 Å². The minimum atomic E-state index is -0.218. The number of carbonyl (C=O) groups excluding carboxylic acids is 1. The lowest BCUT2D eigenvalue weighted by Crippen LogP contribution is -2.21. The van der Waals surface area contributed by atoms with Crippen LogP contribution in [0.5, 0.6) is 11.5 Å². The van der Waals surface area contributed by atoms with Gasteiger partial charge in [0.15, 0.2) is 0 Å². The van der Waals surface area contributed by atoms with E-state index in [9.17, 15) is 4.79 Å². The fourth-order valence-electron chi connectivity index (χ4n) is 2.57. The molecule has 0 atom stereocenters. The number of methoxy groups -OCH3 is 2. The van der Waals surface area contributed by atoms with Crippen LogP contribution in [0.1, 0.15) is 12.5 Å². The zero-order valence-electron chi connectivity index (χ0n) is 14.1. The highest BCUT2D eigenvalue weighted by atomic mass is 35.5. The SMILES string of the molecule is COc1ccc(OC)c(/C=C2\C(=O)N(c3cccc(Cl)c3)N=C2C)c1. The molecule has 2 aromatic rings. The predicted molar refractivity (Wildman–Crippen MR) is 99.6 cm³/mol. The van der Waals surface area contributed by atoms with E-state index < -0.39 is 0 Å². The third-order valence-electron chi connectivity index (χ3n) is 3.85. The van der Waals surface area contributed by atoms with Gasteiger partial charge in [-0.05, 0) is 49.4 Å². The average Bonchev–Trinajstić information content (AvgIpc) is 2.90. The Bertz CT molecular complexity index is 890. The Kier molecular flexibility index (Phi) is 4.76. The van der Waals surface area contributed by atoms with E-state index in [1.54, 1.807) is 63.6 Å². The van der Waals surface area contributed by atoms with Crippen LogP contribution in [0.3, 0.4) is 0 Å². The van der Waals surface area contributed by atoms with Crippen molar-refractivity contribution in [3.63, 3.8) is 0 Å². The van der Waals surface area contributed by atoms with Crippen molar-refractivity contribution in [2.45, 2.75) is 6.92 Å². The van der Waals surface area contributed by atoms with E-state index in [1.807, 2.05) is 6.07 Å². The lowest BCUT2D eigenvalue weighted by molar-refractivity contribution is -0.114. The van der Waals surface area contributed by atoms with Gasteiger partial charge in [-0.3, -0.25) is 4.79 Å². The second-order valence-corrected chi connectivity index (χ2v) is 5.88. The molecule has 0 radical (unpaired) electrons. The van der Waals surface area contributed by atoms with Crippen molar-refractivity contribution >= 4 is 35.0 Å². The van der Waals surface area contributed by atoms with Gasteiger partial charge < -0.3 is 9.47 Å². The van der Waals surface area contributed by atoms with Crippen molar-refractivity contribution in [3.8, 4) is 11.5 Å². The summed E-state index contributed by atoms with van der Waals surface area (Å²) in [4.78, 5) is 12.8. The molecule has 3 rings (SSSR count). The van der Waals surface area contributed by atoms with E-state index in [4.69, 9.17) is 21.1 Å². The normalized spacial score (nSPS) is 15.5. The molecule has 2 aromatic carbocycles. The number of hydrogen-bond acceptors (Lipinski definition) is 4. The fraction of sp³-hybridized carbons (Fsp3) is 0.158. The zero-order chi connectivity index (χ0) is 18.0. The smallest absolute Gasteiger partial charge is 0.280 e. The predicted octanol–water partition coefficient (Wildman–Crippen LogP) is 4.16. The quantitative estimate of drug-likeness (QED) is 0.773. The first kappa shape index (κ1) is 17.0. The van der Waals surface area contributed by atoms with E-state index in [-0.39, 0.29) is 5.91 Å². The lowest BCUT2D eigenvalue weighted by atomic mass is 10.1. The van der Waals surface area contributed by atoms with Crippen molar-refractivity contribution in [1.29, 1.82) is 0 Å². The number of carbonyl (C=O) groups is 1. The van der Waals surface area contributed by atoms with Gasteiger partial charge in [-0.25, -0.2) is 0 Å². The highest BCUT2D eigenvalue weighted by Gasteiger charge is 2.29. The Hall–Kier alpha value is -2.79. The van der Waals surface area contributed by atoms with E-state index in [1.165, 1.54) is 5.01 Å². The first-order valence-corrected chi connectivity index (χ1v) is 8.00. The molecular weight excluding hydrogens is 340 g/mol. The number of rotatable bonds is 4. The number of amides is 1. The van der Waals surface area contributed by atoms with E-state index in [0.29, 0.717) is 33.5 Å². The standard InChI is InChI=1S/C19H17ClN2O3/c1-12-17(10-13-9-16(24-2)7-8-18(13)25-3)19(23)22(21-12)15-6-4-5-14(20)11-15/h4-11H,1-3H3/b17-10-. The number of nitrogens with zero attached hydrogens (tertiary/aromatic N) is 2. The summed E-state index contributed by atoms with van der Waals surface area (Å²) in [5.74, 6) is 1.11. The molecule has 0 fully saturated rings. The van der Waals surface area contributed by atoms with Crippen molar-refractivity contribution in [2.75, 3.05) is 19.2 Å². The molecular formula is C19H17ClN2O3. The highest BCUT2D eigenvalue weighted by molar-refractivity contribution is 6.33. The number of ether oxygens (including phenoxy) is 2. The molecule has 0 unspecified atom stereocenters. The summed E-state index contributed by atoms with van der Waals surface area (Å²) >= 11 is 6.02. The van der Waals surface area contributed by atoms with Crippen molar-refractivity contribution in [1.82, 2.24) is 0 Å². The lowest BCUT2D eigenvalue weighted by Gasteiger charge is -2.12. The van der Waals surface area contributed by atoms with Crippen molar-refractivity contribution in [2.24, 2.45) is 5.10 Å². The highest BCUT2D eigenvalue weighted by Crippen LogP contribution is 2.30. The maximum atomic E-state index is 12.8. The molecule has 0 bridgehead atoms. The molecule has 128 valence electrons. The number of hydrogen-bond donors (Lipinski definition) is 0. The Morgan fingerprint density at radius 1 is 1.12 bits per heavy atom. The second kappa shape index (κ2) is 6.99. The van der Waals surface area contributed by atoms with Gasteiger partial charge in [-0.1, -0.05) is 17.7 Å². The molecule has 1 aliphatic heterocycles. The number of anilines is 1. The van der Waals surface area contributed by atoms with Gasteiger partial charge in [-0.2, -0.15) is 10.1 Å². The van der Waals surface area contributed by atoms with E-state index >= 15 is 0 Å². The third kappa shape index (κ3) is 3.37. The maximum absolute atomic E-state index is 12.8. The van der Waals surface area contributed by atoms with E-state index in [0.717, 1.165) is 5.56 Å². The summed E-state index contributed by atoms with van der Waals surface area (Å²) in [5.41, 5.74) is 2.48. The van der Waals surface area contributed by atoms with Crippen LogP contribution in [-0.4, -0.2) is 25.8 Å². The summed E-state index contributed by atoms with van der Waals surface area (Å²) in [6.07, 6.45) is 1.76. The van der Waals surface area contributed by atoms with Crippen LogP contribution in [0.2, 0.25) is 5.02 Å². The Morgan fingerprint density at radius 2 is 1.92 bits per heavy atom. The molecule has 0 saturated carbocycles. The van der Waals surface area contributed by atoms with Gasteiger partial charge in [0, 0.05) is 10.6 Å². The fourth-order valence-corrected chi connectivity index (χ4v) is 2.76. The number of benzene rings is 2. The van der Waals surface area contributed by atoms with Gasteiger partial charge in [0.2, 0.25) is 0 Å². The zero-order valence-corrected chi connectivity index (χ0v) is 14.9. The number of hydrazone groups is 1. The summed E-state index contributed by atoms with van der Waals surface area (Å²) < 4.78 is 10.6.